The van der Waals surface area contributed by atoms with Crippen molar-refractivity contribution in [3.05, 3.63) is 42.5 Å². The van der Waals surface area contributed by atoms with Crippen molar-refractivity contribution in [1.29, 1.82) is 0 Å². The highest BCUT2D eigenvalue weighted by atomic mass is 16.1. The van der Waals surface area contributed by atoms with E-state index in [1.807, 2.05) is 0 Å². The topological polar surface area (TPSA) is 17.1 Å². The van der Waals surface area contributed by atoms with E-state index in [9.17, 15) is 4.79 Å². The van der Waals surface area contributed by atoms with Gasteiger partial charge < -0.3 is 4.79 Å². The Hall–Kier alpha value is -1.31. The van der Waals surface area contributed by atoms with Crippen LogP contribution in [0.2, 0.25) is 6.32 Å². The van der Waals surface area contributed by atoms with Gasteiger partial charge in [-0.1, -0.05) is 87.4 Å². The molecule has 0 amide bonds. The molecule has 1 radical (unpaired) electrons. The van der Waals surface area contributed by atoms with Crippen molar-refractivity contribution < 1.29 is 4.79 Å². The third-order valence-electron chi connectivity index (χ3n) is 6.78. The van der Waals surface area contributed by atoms with Gasteiger partial charge in [-0.15, -0.1) is 0 Å². The molecule has 0 heterocycles. The predicted octanol–water partition coefficient (Wildman–Crippen LogP) is 6.46. The summed E-state index contributed by atoms with van der Waals surface area (Å²) < 4.78 is 0. The van der Waals surface area contributed by atoms with Crippen molar-refractivity contribution in [1.82, 2.24) is 0 Å². The lowest BCUT2D eigenvalue weighted by Gasteiger charge is -2.25. The molecular formula is C26H40BO. The number of carbonyl (C=O) groups excluding carboxylic acids is 1. The van der Waals surface area contributed by atoms with Crippen LogP contribution in [0.3, 0.4) is 0 Å². The van der Waals surface area contributed by atoms with Crippen molar-refractivity contribution in [3.63, 3.8) is 0 Å². The summed E-state index contributed by atoms with van der Waals surface area (Å²) in [5.41, 5.74) is 1.35. The zero-order valence-electron chi connectivity index (χ0n) is 18.6. The molecule has 0 N–H and O–H groups in total. The highest BCUT2D eigenvalue weighted by Gasteiger charge is 2.37. The molecule has 28 heavy (non-hydrogen) atoms. The largest absolute Gasteiger partial charge is 0.300 e. The second kappa shape index (κ2) is 12.3. The number of carbonyl (C=O) groups is 1. The fourth-order valence-corrected chi connectivity index (χ4v) is 5.05. The molecule has 153 valence electrons. The first-order valence-electron chi connectivity index (χ1n) is 11.5. The molecule has 0 spiro atoms. The van der Waals surface area contributed by atoms with Crippen LogP contribution in [0.4, 0.5) is 0 Å². The van der Waals surface area contributed by atoms with Crippen LogP contribution < -0.4 is 5.46 Å². The Bertz CT molecular complexity index is 594. The minimum atomic E-state index is 0.310. The summed E-state index contributed by atoms with van der Waals surface area (Å²) >= 11 is 0. The van der Waals surface area contributed by atoms with E-state index in [0.717, 1.165) is 48.9 Å². The van der Waals surface area contributed by atoms with Crippen LogP contribution in [-0.4, -0.2) is 13.1 Å². The van der Waals surface area contributed by atoms with E-state index in [2.05, 4.69) is 70.5 Å². The van der Waals surface area contributed by atoms with Gasteiger partial charge in [-0.2, -0.15) is 0 Å². The summed E-state index contributed by atoms with van der Waals surface area (Å²) in [7, 11) is 2.40. The smallest absolute Gasteiger partial charge is 0.151 e. The molecule has 1 nitrogen and oxygen atoms in total. The minimum Gasteiger partial charge on any atom is -0.300 e. The number of Topliss-reactive ketones (excluding diaryl/α,β-unsaturated/α-hetero) is 1. The number of rotatable bonds is 12. The Morgan fingerprint density at radius 3 is 2.57 bits per heavy atom. The summed E-state index contributed by atoms with van der Waals surface area (Å²) in [6, 6.07) is 10.7. The average molecular weight is 379 g/mol. The van der Waals surface area contributed by atoms with Crippen molar-refractivity contribution in [3.8, 4) is 0 Å². The quantitative estimate of drug-likeness (QED) is 0.231. The van der Waals surface area contributed by atoms with Gasteiger partial charge in [-0.3, -0.25) is 0 Å². The van der Waals surface area contributed by atoms with Gasteiger partial charge in [0, 0.05) is 6.42 Å². The number of hydrogen-bond donors (Lipinski definition) is 0. The zero-order chi connectivity index (χ0) is 20.4. The van der Waals surface area contributed by atoms with E-state index in [0.29, 0.717) is 5.78 Å². The monoisotopic (exact) mass is 379 g/mol. The Kier molecular flexibility index (Phi) is 10.1. The SMILES string of the molecule is CC(=O)CCCC=CC[C@@H]1[C@@H](CC[C@@H](C)C[B]c2ccccc2)[C@H](C)C[C@@H]1C. The van der Waals surface area contributed by atoms with Gasteiger partial charge in [-0.25, -0.2) is 0 Å². The fourth-order valence-electron chi connectivity index (χ4n) is 5.05. The van der Waals surface area contributed by atoms with Gasteiger partial charge in [0.15, 0.2) is 7.28 Å². The molecule has 0 bridgehead atoms. The molecule has 2 heteroatoms. The van der Waals surface area contributed by atoms with E-state index in [-0.39, 0.29) is 0 Å². The number of allylic oxidation sites excluding steroid dienone is 2. The van der Waals surface area contributed by atoms with Crippen LogP contribution in [0.15, 0.2) is 42.5 Å². The van der Waals surface area contributed by atoms with Crippen molar-refractivity contribution in [2.24, 2.45) is 29.6 Å². The van der Waals surface area contributed by atoms with Crippen LogP contribution >= 0.6 is 0 Å². The first-order valence-corrected chi connectivity index (χ1v) is 11.5. The molecule has 1 aliphatic rings. The number of benzene rings is 1. The molecule has 5 atom stereocenters. The van der Waals surface area contributed by atoms with Crippen LogP contribution in [-0.2, 0) is 4.79 Å². The van der Waals surface area contributed by atoms with Crippen LogP contribution in [0.1, 0.15) is 72.6 Å². The van der Waals surface area contributed by atoms with Gasteiger partial charge in [-0.05, 0) is 62.7 Å². The third-order valence-corrected chi connectivity index (χ3v) is 6.78. The lowest BCUT2D eigenvalue weighted by molar-refractivity contribution is -0.117. The molecule has 1 aromatic rings. The lowest BCUT2D eigenvalue weighted by atomic mass is 9.63. The standard InChI is InChI=1S/C26H40BO/c1-20(19-27-24-13-9-7-10-14-24)16-17-26-22(3)18-21(2)25(26)15-11-6-5-8-12-23(4)28/h6-7,9-11,13-14,20-22,25-26H,5,8,12,15-19H2,1-4H3/t20-,21+,22-,25+,26+/m1/s1. The Balaban J connectivity index is 1.74. The predicted molar refractivity (Wildman–Crippen MR) is 123 cm³/mol. The van der Waals surface area contributed by atoms with Crippen LogP contribution in [0.25, 0.3) is 0 Å². The molecule has 0 unspecified atom stereocenters. The Morgan fingerprint density at radius 2 is 1.86 bits per heavy atom. The number of hydrogen-bond acceptors (Lipinski definition) is 1. The van der Waals surface area contributed by atoms with Crippen LogP contribution in [0.5, 0.6) is 0 Å². The maximum absolute atomic E-state index is 11.0. The molecule has 1 fully saturated rings. The third kappa shape index (κ3) is 7.98. The van der Waals surface area contributed by atoms with Crippen LogP contribution in [0, 0.1) is 29.6 Å². The molecule has 0 aromatic heterocycles. The first kappa shape index (κ1) is 23.0. The number of unbranched alkanes of at least 4 members (excludes halogenated alkanes) is 1. The van der Waals surface area contributed by atoms with Gasteiger partial charge in [0.2, 0.25) is 0 Å². The van der Waals surface area contributed by atoms with Crippen molar-refractivity contribution in [2.75, 3.05) is 0 Å². The van der Waals surface area contributed by atoms with Gasteiger partial charge >= 0.3 is 0 Å². The second-order valence-corrected chi connectivity index (χ2v) is 9.35. The van der Waals surface area contributed by atoms with E-state index < -0.39 is 0 Å². The normalized spacial score (nSPS) is 25.9. The minimum absolute atomic E-state index is 0.310. The van der Waals surface area contributed by atoms with Crippen molar-refractivity contribution >= 4 is 18.5 Å². The van der Waals surface area contributed by atoms with E-state index >= 15 is 0 Å². The highest BCUT2D eigenvalue weighted by molar-refractivity contribution is 6.53. The summed E-state index contributed by atoms with van der Waals surface area (Å²) in [4.78, 5) is 11.0. The van der Waals surface area contributed by atoms with E-state index in [4.69, 9.17) is 0 Å². The number of ketones is 1. The Labute approximate surface area is 174 Å². The molecule has 1 aliphatic carbocycles. The molecule has 0 saturated heterocycles. The van der Waals surface area contributed by atoms with Gasteiger partial charge in [0.25, 0.3) is 0 Å². The molecule has 1 saturated carbocycles. The van der Waals surface area contributed by atoms with Gasteiger partial charge in [0.05, 0.1) is 0 Å². The highest BCUT2D eigenvalue weighted by Crippen LogP contribution is 2.46. The maximum Gasteiger partial charge on any atom is 0.151 e. The summed E-state index contributed by atoms with van der Waals surface area (Å²) in [6.07, 6.45) is 14.0. The molecule has 1 aromatic carbocycles. The van der Waals surface area contributed by atoms with E-state index in [1.165, 1.54) is 37.5 Å². The molecule has 0 aliphatic heterocycles. The summed E-state index contributed by atoms with van der Waals surface area (Å²) in [5.74, 6) is 4.47. The second-order valence-electron chi connectivity index (χ2n) is 9.35. The molecule has 2 rings (SSSR count). The van der Waals surface area contributed by atoms with E-state index in [1.54, 1.807) is 6.92 Å². The van der Waals surface area contributed by atoms with Gasteiger partial charge in [0.1, 0.15) is 5.78 Å². The summed E-state index contributed by atoms with van der Waals surface area (Å²) in [6.45, 7) is 9.02. The fraction of sp³-hybridized carbons (Fsp3) is 0.654. The zero-order valence-corrected chi connectivity index (χ0v) is 18.6. The Morgan fingerprint density at radius 1 is 1.14 bits per heavy atom. The average Bonchev–Trinajstić information content (AvgIpc) is 2.94. The first-order chi connectivity index (χ1) is 13.5. The summed E-state index contributed by atoms with van der Waals surface area (Å²) in [5, 5.41) is 0. The maximum atomic E-state index is 11.0. The lowest BCUT2D eigenvalue weighted by Crippen LogP contribution is -2.18. The molecular weight excluding hydrogens is 339 g/mol. The van der Waals surface area contributed by atoms with Crippen molar-refractivity contribution in [2.45, 2.75) is 79.0 Å².